The zero-order valence-electron chi connectivity index (χ0n) is 19.9. The summed E-state index contributed by atoms with van der Waals surface area (Å²) in [7, 11) is 0. The number of nitrogens with two attached hydrogens (primary N) is 1. The van der Waals surface area contributed by atoms with Gasteiger partial charge in [0.25, 0.3) is 5.56 Å². The highest BCUT2D eigenvalue weighted by Crippen LogP contribution is 2.35. The third-order valence-electron chi connectivity index (χ3n) is 6.42. The Morgan fingerprint density at radius 3 is 2.63 bits per heavy atom. The number of hydrogen-bond acceptors (Lipinski definition) is 6. The van der Waals surface area contributed by atoms with Gasteiger partial charge in [0, 0.05) is 17.5 Å². The van der Waals surface area contributed by atoms with E-state index in [1.807, 2.05) is 0 Å². The maximum absolute atomic E-state index is 14.1. The van der Waals surface area contributed by atoms with Gasteiger partial charge in [-0.15, -0.1) is 0 Å². The zero-order valence-corrected chi connectivity index (χ0v) is 19.9. The Labute approximate surface area is 212 Å². The Morgan fingerprint density at radius 1 is 1.05 bits per heavy atom. The highest BCUT2D eigenvalue weighted by atomic mass is 19.4. The number of para-hydroxylation sites is 1. The summed E-state index contributed by atoms with van der Waals surface area (Å²) in [6, 6.07) is 12.0. The van der Waals surface area contributed by atoms with Crippen molar-refractivity contribution in [2.24, 2.45) is 0 Å². The standard InChI is InChI=1S/C26H19F3N8O/c1-14-5-4-6-15-9-17(37(25(38)20(14)15)19-8-3-2-7-18(19)26(27,28)29)12-36-24-21(23(30)31-13-32-24)22(35-36)16-10-33-34-11-16/h2-11,13H,12H2,1H3,(H,33,34)(H2,30,31,32). The molecule has 0 unspecified atom stereocenters. The van der Waals surface area contributed by atoms with Crippen molar-refractivity contribution in [3.8, 4) is 16.9 Å². The minimum Gasteiger partial charge on any atom is -0.383 e. The molecule has 190 valence electrons. The summed E-state index contributed by atoms with van der Waals surface area (Å²) < 4.78 is 44.8. The molecule has 0 atom stereocenters. The topological polar surface area (TPSA) is 120 Å². The van der Waals surface area contributed by atoms with Crippen LogP contribution in [0.5, 0.6) is 0 Å². The first-order valence-corrected chi connectivity index (χ1v) is 11.5. The number of nitrogen functional groups attached to an aromatic ring is 1. The molecule has 6 aromatic rings. The number of H-pyrrole nitrogens is 1. The molecular weight excluding hydrogens is 497 g/mol. The molecule has 0 aliphatic heterocycles. The quantitative estimate of drug-likeness (QED) is 0.357. The monoisotopic (exact) mass is 516 g/mol. The average Bonchev–Trinajstić information content (AvgIpc) is 3.53. The first-order valence-electron chi connectivity index (χ1n) is 11.5. The lowest BCUT2D eigenvalue weighted by Crippen LogP contribution is -2.26. The number of halogens is 3. The summed E-state index contributed by atoms with van der Waals surface area (Å²) in [5, 5.41) is 12.7. The van der Waals surface area contributed by atoms with Gasteiger partial charge in [-0.1, -0.05) is 30.3 Å². The Kier molecular flexibility index (Phi) is 5.26. The molecule has 0 amide bonds. The van der Waals surface area contributed by atoms with Gasteiger partial charge in [-0.05, 0) is 36.1 Å². The lowest BCUT2D eigenvalue weighted by molar-refractivity contribution is -0.137. The number of aromatic nitrogens is 7. The Balaban J connectivity index is 1.65. The number of alkyl halides is 3. The molecule has 9 nitrogen and oxygen atoms in total. The molecule has 3 N–H and O–H groups in total. The number of fused-ring (bicyclic) bond motifs is 2. The summed E-state index contributed by atoms with van der Waals surface area (Å²) >= 11 is 0. The third kappa shape index (κ3) is 3.69. The number of rotatable bonds is 4. The van der Waals surface area contributed by atoms with E-state index in [0.29, 0.717) is 38.6 Å². The summed E-state index contributed by atoms with van der Waals surface area (Å²) in [4.78, 5) is 22.3. The molecule has 0 spiro atoms. The molecule has 0 aliphatic rings. The molecule has 12 heteroatoms. The molecule has 0 fully saturated rings. The summed E-state index contributed by atoms with van der Waals surface area (Å²) in [6.07, 6.45) is -0.201. The van der Waals surface area contributed by atoms with Gasteiger partial charge < -0.3 is 5.73 Å². The van der Waals surface area contributed by atoms with Crippen LogP contribution in [0.15, 0.2) is 72.0 Å². The third-order valence-corrected chi connectivity index (χ3v) is 6.42. The molecule has 4 aromatic heterocycles. The van der Waals surface area contributed by atoms with E-state index in [9.17, 15) is 18.0 Å². The molecule has 0 saturated heterocycles. The molecule has 4 heterocycles. The normalized spacial score (nSPS) is 12.0. The maximum Gasteiger partial charge on any atom is 0.418 e. The molecule has 2 aromatic carbocycles. The number of anilines is 1. The number of hydrogen-bond donors (Lipinski definition) is 2. The molecule has 0 bridgehead atoms. The van der Waals surface area contributed by atoms with Crippen molar-refractivity contribution in [3.05, 3.63) is 94.4 Å². The van der Waals surface area contributed by atoms with E-state index in [4.69, 9.17) is 5.73 Å². The second-order valence-electron chi connectivity index (χ2n) is 8.78. The fraction of sp³-hybridized carbons (Fsp3) is 0.115. The van der Waals surface area contributed by atoms with Crippen LogP contribution >= 0.6 is 0 Å². The van der Waals surface area contributed by atoms with Crippen LogP contribution in [-0.2, 0) is 12.7 Å². The first kappa shape index (κ1) is 23.4. The second kappa shape index (κ2) is 8.54. The molecular formula is C26H19F3N8O. The van der Waals surface area contributed by atoms with E-state index in [-0.39, 0.29) is 23.7 Å². The van der Waals surface area contributed by atoms with Gasteiger partial charge in [0.1, 0.15) is 17.8 Å². The molecule has 0 aliphatic carbocycles. The van der Waals surface area contributed by atoms with Crippen LogP contribution in [0, 0.1) is 6.92 Å². The predicted molar refractivity (Wildman–Crippen MR) is 136 cm³/mol. The summed E-state index contributed by atoms with van der Waals surface area (Å²) in [5.74, 6) is 0.186. The fourth-order valence-corrected chi connectivity index (χ4v) is 4.75. The van der Waals surface area contributed by atoms with Crippen molar-refractivity contribution >= 4 is 27.6 Å². The summed E-state index contributed by atoms with van der Waals surface area (Å²) in [5.41, 5.74) is 6.78. The smallest absolute Gasteiger partial charge is 0.383 e. The number of nitrogens with zero attached hydrogens (tertiary/aromatic N) is 6. The van der Waals surface area contributed by atoms with Gasteiger partial charge in [-0.25, -0.2) is 14.6 Å². The highest BCUT2D eigenvalue weighted by Gasteiger charge is 2.34. The van der Waals surface area contributed by atoms with Crippen LogP contribution in [-0.4, -0.2) is 34.5 Å². The lowest BCUT2D eigenvalue weighted by atomic mass is 10.0. The van der Waals surface area contributed by atoms with E-state index in [0.717, 1.165) is 10.6 Å². The van der Waals surface area contributed by atoms with Crippen LogP contribution in [0.1, 0.15) is 16.8 Å². The number of aryl methyl sites for hydroxylation is 1. The summed E-state index contributed by atoms with van der Waals surface area (Å²) in [6.45, 7) is 1.68. The average molecular weight is 516 g/mol. The van der Waals surface area contributed by atoms with Gasteiger partial charge in [0.2, 0.25) is 0 Å². The largest absolute Gasteiger partial charge is 0.418 e. The van der Waals surface area contributed by atoms with E-state index < -0.39 is 17.3 Å². The van der Waals surface area contributed by atoms with E-state index in [1.165, 1.54) is 29.2 Å². The van der Waals surface area contributed by atoms with Crippen LogP contribution in [0.4, 0.5) is 19.0 Å². The van der Waals surface area contributed by atoms with Crippen molar-refractivity contribution in [2.75, 3.05) is 5.73 Å². The van der Waals surface area contributed by atoms with E-state index in [1.54, 1.807) is 43.6 Å². The predicted octanol–water partition coefficient (Wildman–Crippen LogP) is 4.48. The number of aromatic amines is 1. The van der Waals surface area contributed by atoms with E-state index in [2.05, 4.69) is 25.3 Å². The van der Waals surface area contributed by atoms with Gasteiger partial charge in [0.05, 0.1) is 34.8 Å². The zero-order chi connectivity index (χ0) is 26.6. The van der Waals surface area contributed by atoms with Crippen LogP contribution in [0.2, 0.25) is 0 Å². The minimum atomic E-state index is -4.68. The second-order valence-corrected chi connectivity index (χ2v) is 8.78. The molecule has 38 heavy (non-hydrogen) atoms. The minimum absolute atomic E-state index is 0.0733. The van der Waals surface area contributed by atoms with Crippen molar-refractivity contribution in [2.45, 2.75) is 19.6 Å². The first-order chi connectivity index (χ1) is 18.2. The lowest BCUT2D eigenvalue weighted by Gasteiger charge is -2.19. The van der Waals surface area contributed by atoms with Gasteiger partial charge >= 0.3 is 6.18 Å². The van der Waals surface area contributed by atoms with Crippen molar-refractivity contribution < 1.29 is 13.2 Å². The molecule has 6 rings (SSSR count). The Hall–Kier alpha value is -5.00. The molecule has 0 saturated carbocycles. The maximum atomic E-state index is 14.1. The van der Waals surface area contributed by atoms with Gasteiger partial charge in [-0.3, -0.25) is 14.5 Å². The van der Waals surface area contributed by atoms with Crippen molar-refractivity contribution in [1.29, 1.82) is 0 Å². The number of pyridine rings is 1. The van der Waals surface area contributed by atoms with Gasteiger partial charge in [0.15, 0.2) is 5.65 Å². The Bertz CT molecular complexity index is 1890. The highest BCUT2D eigenvalue weighted by molar-refractivity contribution is 5.98. The Morgan fingerprint density at radius 2 is 1.87 bits per heavy atom. The number of benzene rings is 2. The SMILES string of the molecule is Cc1cccc2cc(Cn3nc(-c4cn[nH]c4)c4c(N)ncnc43)n(-c3ccccc3C(F)(F)F)c(=O)c12. The van der Waals surface area contributed by atoms with Gasteiger partial charge in [-0.2, -0.15) is 23.4 Å². The number of nitrogens with one attached hydrogen (secondary N) is 1. The van der Waals surface area contributed by atoms with E-state index >= 15 is 0 Å². The van der Waals surface area contributed by atoms with Crippen molar-refractivity contribution in [3.63, 3.8) is 0 Å². The van der Waals surface area contributed by atoms with Crippen molar-refractivity contribution in [1.82, 2.24) is 34.5 Å². The fourth-order valence-electron chi connectivity index (χ4n) is 4.75. The van der Waals surface area contributed by atoms with Crippen LogP contribution in [0.3, 0.4) is 0 Å². The van der Waals surface area contributed by atoms with Crippen LogP contribution in [0.25, 0.3) is 38.8 Å². The molecule has 0 radical (unpaired) electrons. The van der Waals surface area contributed by atoms with Crippen LogP contribution < -0.4 is 11.3 Å².